The molecule has 4 aromatic heterocycles. The van der Waals surface area contributed by atoms with E-state index in [1.54, 1.807) is 0 Å². The molecule has 0 amide bonds. The van der Waals surface area contributed by atoms with Gasteiger partial charge in [0.25, 0.3) is 0 Å². The number of hydrogen-bond donors (Lipinski definition) is 2. The molecule has 0 aliphatic rings. The zero-order valence-corrected chi connectivity index (χ0v) is 11.0. The molecule has 0 saturated carbocycles. The van der Waals surface area contributed by atoms with Crippen molar-refractivity contribution in [3.8, 4) is 11.3 Å². The highest BCUT2D eigenvalue weighted by Crippen LogP contribution is 2.28. The molecule has 4 heterocycles. The highest BCUT2D eigenvalue weighted by Gasteiger charge is 2.10. The summed E-state index contributed by atoms with van der Waals surface area (Å²) in [6.45, 7) is 0. The maximum atomic E-state index is 4.46. The van der Waals surface area contributed by atoms with E-state index in [2.05, 4.69) is 30.7 Å². The van der Waals surface area contributed by atoms with Gasteiger partial charge in [-0.3, -0.25) is 9.38 Å². The highest BCUT2D eigenvalue weighted by molar-refractivity contribution is 5.93. The Morgan fingerprint density at radius 1 is 1.15 bits per heavy atom. The summed E-state index contributed by atoms with van der Waals surface area (Å²) in [5.41, 5.74) is 5.11. The van der Waals surface area contributed by atoms with E-state index in [1.807, 2.05) is 50.2 Å². The smallest absolute Gasteiger partial charge is 0.137 e. The van der Waals surface area contributed by atoms with Crippen LogP contribution >= 0.6 is 0 Å². The number of aromatic amines is 1. The quantitative estimate of drug-likeness (QED) is 0.584. The Morgan fingerprint density at radius 2 is 2.10 bits per heavy atom. The summed E-state index contributed by atoms with van der Waals surface area (Å²) in [4.78, 5) is 11.9. The molecular weight excluding hydrogens is 250 g/mol. The standard InChI is InChI=1S/C15H13N5/c1-16-10-2-3-15-19-8-14(20(15)9-10)12-6-17-7-13-11(12)4-5-18-13/h2-9,16,18H,1H3. The van der Waals surface area contributed by atoms with Crippen molar-refractivity contribution in [3.05, 3.63) is 49.2 Å². The summed E-state index contributed by atoms with van der Waals surface area (Å²) in [5, 5.41) is 4.30. The summed E-state index contributed by atoms with van der Waals surface area (Å²) < 4.78 is 2.08. The van der Waals surface area contributed by atoms with Gasteiger partial charge in [0.05, 0.1) is 29.3 Å². The van der Waals surface area contributed by atoms with Crippen molar-refractivity contribution in [2.45, 2.75) is 0 Å². The van der Waals surface area contributed by atoms with Crippen molar-refractivity contribution in [2.24, 2.45) is 0 Å². The zero-order chi connectivity index (χ0) is 13.5. The first-order valence-electron chi connectivity index (χ1n) is 6.43. The van der Waals surface area contributed by atoms with Crippen LogP contribution in [0.25, 0.3) is 27.8 Å². The minimum Gasteiger partial charge on any atom is -0.387 e. The summed E-state index contributed by atoms with van der Waals surface area (Å²) in [6, 6.07) is 6.08. The minimum absolute atomic E-state index is 0.923. The Balaban J connectivity index is 2.04. The van der Waals surface area contributed by atoms with Gasteiger partial charge in [-0.05, 0) is 18.2 Å². The summed E-state index contributed by atoms with van der Waals surface area (Å²) >= 11 is 0. The van der Waals surface area contributed by atoms with Gasteiger partial charge in [-0.1, -0.05) is 0 Å². The molecule has 2 N–H and O–H groups in total. The van der Waals surface area contributed by atoms with Gasteiger partial charge < -0.3 is 10.3 Å². The molecule has 0 aliphatic carbocycles. The molecule has 0 bridgehead atoms. The second-order valence-electron chi connectivity index (χ2n) is 4.67. The molecular formula is C15H13N5. The van der Waals surface area contributed by atoms with Crippen LogP contribution in [0.4, 0.5) is 5.69 Å². The Morgan fingerprint density at radius 3 is 3.00 bits per heavy atom. The van der Waals surface area contributed by atoms with Crippen molar-refractivity contribution < 1.29 is 0 Å². The van der Waals surface area contributed by atoms with E-state index >= 15 is 0 Å². The fourth-order valence-corrected chi connectivity index (χ4v) is 2.51. The average Bonchev–Trinajstić information content (AvgIpc) is 3.12. The number of nitrogens with zero attached hydrogens (tertiary/aromatic N) is 3. The number of pyridine rings is 2. The van der Waals surface area contributed by atoms with Gasteiger partial charge >= 0.3 is 0 Å². The van der Waals surface area contributed by atoms with Crippen LogP contribution in [0.3, 0.4) is 0 Å². The van der Waals surface area contributed by atoms with Crippen LogP contribution in [-0.2, 0) is 0 Å². The van der Waals surface area contributed by atoms with E-state index in [4.69, 9.17) is 0 Å². The lowest BCUT2D eigenvalue weighted by Crippen LogP contribution is -1.94. The van der Waals surface area contributed by atoms with E-state index in [-0.39, 0.29) is 0 Å². The van der Waals surface area contributed by atoms with Gasteiger partial charge in [-0.2, -0.15) is 0 Å². The van der Waals surface area contributed by atoms with Crippen LogP contribution in [0.15, 0.2) is 49.2 Å². The second-order valence-corrected chi connectivity index (χ2v) is 4.67. The van der Waals surface area contributed by atoms with E-state index in [0.717, 1.165) is 33.5 Å². The molecule has 0 atom stereocenters. The summed E-state index contributed by atoms with van der Waals surface area (Å²) in [7, 11) is 1.91. The van der Waals surface area contributed by atoms with E-state index in [9.17, 15) is 0 Å². The molecule has 5 nitrogen and oxygen atoms in total. The molecule has 4 rings (SSSR count). The third kappa shape index (κ3) is 1.50. The van der Waals surface area contributed by atoms with Gasteiger partial charge in [0.1, 0.15) is 5.65 Å². The predicted octanol–water partition coefficient (Wildman–Crippen LogP) is 2.92. The van der Waals surface area contributed by atoms with E-state index in [0.29, 0.717) is 0 Å². The SMILES string of the molecule is CNc1ccc2ncc(-c3cncc4[nH]ccc34)n2c1. The first kappa shape index (κ1) is 11.0. The molecule has 5 heteroatoms. The molecule has 0 spiro atoms. The van der Waals surface area contributed by atoms with Crippen molar-refractivity contribution in [3.63, 3.8) is 0 Å². The Hall–Kier alpha value is -2.82. The monoisotopic (exact) mass is 263 g/mol. The average molecular weight is 263 g/mol. The summed E-state index contributed by atoms with van der Waals surface area (Å²) in [6.07, 6.45) is 9.58. The Bertz CT molecular complexity index is 903. The molecule has 4 aromatic rings. The third-order valence-corrected chi connectivity index (χ3v) is 3.55. The number of rotatable bonds is 2. The predicted molar refractivity (Wildman–Crippen MR) is 79.8 cm³/mol. The van der Waals surface area contributed by atoms with Crippen LogP contribution < -0.4 is 5.32 Å². The number of aromatic nitrogens is 4. The number of anilines is 1. The lowest BCUT2D eigenvalue weighted by atomic mass is 10.1. The first-order chi connectivity index (χ1) is 9.86. The van der Waals surface area contributed by atoms with E-state index in [1.165, 1.54) is 0 Å². The number of fused-ring (bicyclic) bond motifs is 2. The fraction of sp³-hybridized carbons (Fsp3) is 0.0667. The van der Waals surface area contributed by atoms with Gasteiger partial charge in [0.2, 0.25) is 0 Å². The number of H-pyrrole nitrogens is 1. The van der Waals surface area contributed by atoms with Crippen LogP contribution in [0.2, 0.25) is 0 Å². The van der Waals surface area contributed by atoms with Crippen molar-refractivity contribution in [1.82, 2.24) is 19.4 Å². The molecule has 0 radical (unpaired) electrons. The van der Waals surface area contributed by atoms with Crippen LogP contribution in [0.5, 0.6) is 0 Å². The van der Waals surface area contributed by atoms with E-state index < -0.39 is 0 Å². The zero-order valence-electron chi connectivity index (χ0n) is 11.0. The highest BCUT2D eigenvalue weighted by atomic mass is 15.0. The number of imidazole rings is 1. The molecule has 0 unspecified atom stereocenters. The maximum Gasteiger partial charge on any atom is 0.137 e. The van der Waals surface area contributed by atoms with Gasteiger partial charge in [-0.15, -0.1) is 0 Å². The maximum absolute atomic E-state index is 4.46. The number of hydrogen-bond acceptors (Lipinski definition) is 3. The number of nitrogens with one attached hydrogen (secondary N) is 2. The topological polar surface area (TPSA) is 58.0 Å². The van der Waals surface area contributed by atoms with Crippen molar-refractivity contribution >= 4 is 22.2 Å². The normalized spacial score (nSPS) is 11.2. The van der Waals surface area contributed by atoms with Crippen molar-refractivity contribution in [1.29, 1.82) is 0 Å². The van der Waals surface area contributed by atoms with Crippen LogP contribution in [-0.4, -0.2) is 26.4 Å². The largest absolute Gasteiger partial charge is 0.387 e. The van der Waals surface area contributed by atoms with Gasteiger partial charge in [0, 0.05) is 36.6 Å². The third-order valence-electron chi connectivity index (χ3n) is 3.55. The Kier molecular flexibility index (Phi) is 2.26. The molecule has 0 aliphatic heterocycles. The lowest BCUT2D eigenvalue weighted by molar-refractivity contribution is 1.18. The van der Waals surface area contributed by atoms with Crippen LogP contribution in [0, 0.1) is 0 Å². The minimum atomic E-state index is 0.923. The second kappa shape index (κ2) is 4.09. The molecule has 0 fully saturated rings. The molecule has 20 heavy (non-hydrogen) atoms. The lowest BCUT2D eigenvalue weighted by Gasteiger charge is -2.05. The Labute approximate surface area is 115 Å². The van der Waals surface area contributed by atoms with Gasteiger partial charge in [0.15, 0.2) is 0 Å². The fourth-order valence-electron chi connectivity index (χ4n) is 2.51. The molecule has 98 valence electrons. The first-order valence-corrected chi connectivity index (χ1v) is 6.43. The van der Waals surface area contributed by atoms with Gasteiger partial charge in [-0.25, -0.2) is 4.98 Å². The molecule has 0 saturated heterocycles. The molecule has 0 aromatic carbocycles. The van der Waals surface area contributed by atoms with Crippen LogP contribution in [0.1, 0.15) is 0 Å². The van der Waals surface area contributed by atoms with Crippen molar-refractivity contribution in [2.75, 3.05) is 12.4 Å². The summed E-state index contributed by atoms with van der Waals surface area (Å²) in [5.74, 6) is 0.